The van der Waals surface area contributed by atoms with Gasteiger partial charge >= 0.3 is 0 Å². The number of hydrogen-bond donors (Lipinski definition) is 2. The molecule has 3 rings (SSSR count). The number of amides is 1. The van der Waals surface area contributed by atoms with E-state index in [1.807, 2.05) is 6.92 Å². The number of aryl methyl sites for hydroxylation is 1. The van der Waals surface area contributed by atoms with Crippen LogP contribution in [0.5, 0.6) is 0 Å². The molecule has 0 aliphatic rings. The van der Waals surface area contributed by atoms with Gasteiger partial charge in [0.05, 0.1) is 11.8 Å². The summed E-state index contributed by atoms with van der Waals surface area (Å²) in [5.41, 5.74) is 2.43. The van der Waals surface area contributed by atoms with Crippen molar-refractivity contribution in [2.24, 2.45) is 0 Å². The highest BCUT2D eigenvalue weighted by Crippen LogP contribution is 2.06. The van der Waals surface area contributed by atoms with Crippen LogP contribution < -0.4 is 5.32 Å². The highest BCUT2D eigenvalue weighted by Gasteiger charge is 2.08. The summed E-state index contributed by atoms with van der Waals surface area (Å²) in [7, 11) is 0. The molecule has 0 aliphatic heterocycles. The zero-order chi connectivity index (χ0) is 14.7. The van der Waals surface area contributed by atoms with Crippen molar-refractivity contribution < 1.29 is 4.79 Å². The van der Waals surface area contributed by atoms with Gasteiger partial charge in [-0.25, -0.2) is 9.97 Å². The van der Waals surface area contributed by atoms with Gasteiger partial charge in [0.1, 0.15) is 12.1 Å². The summed E-state index contributed by atoms with van der Waals surface area (Å²) in [5, 5.41) is 9.59. The molecule has 21 heavy (non-hydrogen) atoms. The lowest BCUT2D eigenvalue weighted by Crippen LogP contribution is -2.23. The molecule has 106 valence electrons. The van der Waals surface area contributed by atoms with Crippen molar-refractivity contribution in [3.63, 3.8) is 0 Å². The zero-order valence-electron chi connectivity index (χ0n) is 11.4. The van der Waals surface area contributed by atoms with Gasteiger partial charge in [-0.05, 0) is 19.1 Å². The lowest BCUT2D eigenvalue weighted by Gasteiger charge is -2.05. The highest BCUT2D eigenvalue weighted by atomic mass is 16.1. The molecule has 0 aromatic carbocycles. The van der Waals surface area contributed by atoms with Gasteiger partial charge in [0.2, 0.25) is 0 Å². The van der Waals surface area contributed by atoms with Gasteiger partial charge in [-0.2, -0.15) is 5.10 Å². The molecule has 3 heterocycles. The largest absolute Gasteiger partial charge is 0.348 e. The maximum atomic E-state index is 12.0. The summed E-state index contributed by atoms with van der Waals surface area (Å²) in [6.45, 7) is 2.35. The molecule has 0 saturated carbocycles. The smallest absolute Gasteiger partial charge is 0.253 e. The van der Waals surface area contributed by atoms with E-state index in [4.69, 9.17) is 0 Å². The van der Waals surface area contributed by atoms with Crippen LogP contribution in [-0.4, -0.2) is 30.6 Å². The van der Waals surface area contributed by atoms with Crippen LogP contribution in [0.2, 0.25) is 0 Å². The average Bonchev–Trinajstić information content (AvgIpc) is 3.17. The minimum Gasteiger partial charge on any atom is -0.348 e. The van der Waals surface area contributed by atoms with Gasteiger partial charge in [0.25, 0.3) is 5.91 Å². The standard InChI is InChI=1S/C14H14N6O/c1-10-12(8-18-19-10)7-17-14(21)11-2-3-13(16-6-11)20-5-4-15-9-20/h2-6,8-9H,7H2,1H3,(H,17,21)(H,18,19). The molecule has 3 aromatic rings. The van der Waals surface area contributed by atoms with Crippen LogP contribution >= 0.6 is 0 Å². The number of rotatable bonds is 4. The Morgan fingerprint density at radius 3 is 2.90 bits per heavy atom. The number of nitrogens with one attached hydrogen (secondary N) is 2. The Labute approximate surface area is 121 Å². The third-order valence-electron chi connectivity index (χ3n) is 3.15. The van der Waals surface area contributed by atoms with E-state index >= 15 is 0 Å². The molecule has 0 aliphatic carbocycles. The van der Waals surface area contributed by atoms with Crippen molar-refractivity contribution in [3.05, 3.63) is 60.1 Å². The fraction of sp³-hybridized carbons (Fsp3) is 0.143. The molecule has 1 amide bonds. The van der Waals surface area contributed by atoms with Gasteiger partial charge in [-0.1, -0.05) is 0 Å². The third-order valence-corrected chi connectivity index (χ3v) is 3.15. The summed E-state index contributed by atoms with van der Waals surface area (Å²) in [4.78, 5) is 20.3. The van der Waals surface area contributed by atoms with Crippen LogP contribution in [0.25, 0.3) is 5.82 Å². The summed E-state index contributed by atoms with van der Waals surface area (Å²) in [6, 6.07) is 3.51. The monoisotopic (exact) mass is 282 g/mol. The predicted octanol–water partition coefficient (Wildman–Crippen LogP) is 1.23. The maximum Gasteiger partial charge on any atom is 0.253 e. The van der Waals surface area contributed by atoms with Crippen molar-refractivity contribution in [1.29, 1.82) is 0 Å². The molecular weight excluding hydrogens is 268 g/mol. The first kappa shape index (κ1) is 13.0. The lowest BCUT2D eigenvalue weighted by molar-refractivity contribution is 0.0950. The molecule has 7 nitrogen and oxygen atoms in total. The number of carbonyl (C=O) groups is 1. The fourth-order valence-electron chi connectivity index (χ4n) is 1.90. The van der Waals surface area contributed by atoms with E-state index in [-0.39, 0.29) is 5.91 Å². The Morgan fingerprint density at radius 2 is 2.29 bits per heavy atom. The molecule has 7 heteroatoms. The molecule has 0 bridgehead atoms. The van der Waals surface area contributed by atoms with Crippen molar-refractivity contribution in [1.82, 2.24) is 30.0 Å². The third kappa shape index (κ3) is 2.81. The number of H-pyrrole nitrogens is 1. The molecule has 2 N–H and O–H groups in total. The first-order valence-corrected chi connectivity index (χ1v) is 6.45. The minimum absolute atomic E-state index is 0.166. The van der Waals surface area contributed by atoms with Crippen molar-refractivity contribution in [2.45, 2.75) is 13.5 Å². The zero-order valence-corrected chi connectivity index (χ0v) is 11.4. The van der Waals surface area contributed by atoms with Gasteiger partial charge in [-0.3, -0.25) is 14.5 Å². The topological polar surface area (TPSA) is 88.5 Å². The Hall–Kier alpha value is -2.96. The lowest BCUT2D eigenvalue weighted by atomic mass is 10.2. The van der Waals surface area contributed by atoms with Gasteiger partial charge < -0.3 is 5.32 Å². The second-order valence-electron chi connectivity index (χ2n) is 4.58. The number of imidazole rings is 1. The minimum atomic E-state index is -0.166. The van der Waals surface area contributed by atoms with Crippen LogP contribution in [0.15, 0.2) is 43.2 Å². The van der Waals surface area contributed by atoms with E-state index in [1.165, 1.54) is 0 Å². The Bertz CT molecular complexity index is 729. The van der Waals surface area contributed by atoms with Gasteiger partial charge in [-0.15, -0.1) is 0 Å². The highest BCUT2D eigenvalue weighted by molar-refractivity contribution is 5.93. The first-order chi connectivity index (χ1) is 10.2. The SMILES string of the molecule is Cc1[nH]ncc1CNC(=O)c1ccc(-n2ccnc2)nc1. The average molecular weight is 282 g/mol. The van der Waals surface area contributed by atoms with Gasteiger partial charge in [0.15, 0.2) is 0 Å². The summed E-state index contributed by atoms with van der Waals surface area (Å²) in [5.74, 6) is 0.551. The number of aromatic amines is 1. The van der Waals surface area contributed by atoms with E-state index < -0.39 is 0 Å². The molecule has 0 radical (unpaired) electrons. The van der Waals surface area contributed by atoms with Crippen LogP contribution in [0, 0.1) is 6.92 Å². The Kier molecular flexibility index (Phi) is 3.46. The molecule has 0 atom stereocenters. The maximum absolute atomic E-state index is 12.0. The Balaban J connectivity index is 1.66. The number of aromatic nitrogens is 5. The molecular formula is C14H14N6O. The van der Waals surface area contributed by atoms with Crippen molar-refractivity contribution in [2.75, 3.05) is 0 Å². The van der Waals surface area contributed by atoms with E-state index in [0.29, 0.717) is 12.1 Å². The van der Waals surface area contributed by atoms with Crippen LogP contribution in [0.3, 0.4) is 0 Å². The van der Waals surface area contributed by atoms with E-state index in [0.717, 1.165) is 17.1 Å². The number of nitrogens with zero attached hydrogens (tertiary/aromatic N) is 4. The van der Waals surface area contributed by atoms with Crippen LogP contribution in [0.4, 0.5) is 0 Å². The normalized spacial score (nSPS) is 10.5. The Morgan fingerprint density at radius 1 is 1.38 bits per heavy atom. The molecule has 0 spiro atoms. The van der Waals surface area contributed by atoms with Gasteiger partial charge in [0, 0.05) is 36.4 Å². The van der Waals surface area contributed by atoms with Crippen molar-refractivity contribution >= 4 is 5.91 Å². The fourth-order valence-corrected chi connectivity index (χ4v) is 1.90. The quantitative estimate of drug-likeness (QED) is 0.753. The molecule has 0 saturated heterocycles. The summed E-state index contributed by atoms with van der Waals surface area (Å²) < 4.78 is 1.77. The predicted molar refractivity (Wildman–Crippen MR) is 75.9 cm³/mol. The van der Waals surface area contributed by atoms with Crippen LogP contribution in [-0.2, 0) is 6.54 Å². The van der Waals surface area contributed by atoms with Crippen LogP contribution in [0.1, 0.15) is 21.6 Å². The van der Waals surface area contributed by atoms with E-state index in [9.17, 15) is 4.79 Å². The summed E-state index contributed by atoms with van der Waals surface area (Å²) >= 11 is 0. The number of hydrogen-bond acceptors (Lipinski definition) is 4. The second-order valence-corrected chi connectivity index (χ2v) is 4.58. The van der Waals surface area contributed by atoms with E-state index in [2.05, 4.69) is 25.5 Å². The van der Waals surface area contributed by atoms with Crippen molar-refractivity contribution in [3.8, 4) is 5.82 Å². The second kappa shape index (κ2) is 5.58. The molecule has 0 unspecified atom stereocenters. The molecule has 3 aromatic heterocycles. The van der Waals surface area contributed by atoms with E-state index in [1.54, 1.807) is 47.8 Å². The summed E-state index contributed by atoms with van der Waals surface area (Å²) in [6.07, 6.45) is 8.38. The first-order valence-electron chi connectivity index (χ1n) is 6.45. The molecule has 0 fully saturated rings. The number of carbonyl (C=O) groups excluding carboxylic acids is 1. The number of pyridine rings is 1.